The number of halogens is 3. The van der Waals surface area contributed by atoms with Crippen molar-refractivity contribution < 1.29 is 21.0 Å². The van der Waals surface area contributed by atoms with Gasteiger partial charge < -0.3 is 0 Å². The van der Waals surface area contributed by atoms with E-state index in [4.69, 9.17) is 0 Å². The first kappa shape index (κ1) is 13.1. The molecule has 0 spiro atoms. The third kappa shape index (κ3) is 4.20. The van der Waals surface area contributed by atoms with Gasteiger partial charge in [0.1, 0.15) is 0 Å². The van der Waals surface area contributed by atoms with Crippen LogP contribution in [0.15, 0.2) is 0 Å². The number of rotatable bonds is 3. The van der Waals surface area contributed by atoms with E-state index in [1.807, 2.05) is 0 Å². The van der Waals surface area contributed by atoms with Crippen LogP contribution < -0.4 is 0 Å². The monoisotopic (exact) mass is 332 g/mol. The number of carbonyl (C=O) groups is 1. The molecule has 0 aliphatic heterocycles. The van der Waals surface area contributed by atoms with Crippen molar-refractivity contribution >= 4 is 24.8 Å². The molecule has 1 aliphatic rings. The van der Waals surface area contributed by atoms with Crippen LogP contribution >= 0.6 is 0 Å². The third-order valence-electron chi connectivity index (χ3n) is 2.63. The van der Waals surface area contributed by atoms with Crippen molar-refractivity contribution in [2.75, 3.05) is 0 Å². The van der Waals surface area contributed by atoms with Gasteiger partial charge in [0.05, 0.1) is 0 Å². The van der Waals surface area contributed by atoms with Crippen LogP contribution in [0.4, 0.5) is 13.2 Å². The van der Waals surface area contributed by atoms with Gasteiger partial charge in [-0.25, -0.2) is 0 Å². The Bertz CT molecular complexity index is 263. The summed E-state index contributed by atoms with van der Waals surface area (Å²) >= 11 is -3.24. The van der Waals surface area contributed by atoms with E-state index in [0.29, 0.717) is 16.3 Å². The second-order valence-electron chi connectivity index (χ2n) is 4.82. The van der Waals surface area contributed by atoms with Crippen molar-refractivity contribution in [3.63, 3.8) is 0 Å². The molecule has 1 rings (SSSR count). The Balaban J connectivity index is 2.45. The van der Waals surface area contributed by atoms with E-state index >= 15 is 0 Å². The Morgan fingerprint density at radius 2 is 1.93 bits per heavy atom. The van der Waals surface area contributed by atoms with Gasteiger partial charge in [-0.1, -0.05) is 0 Å². The SMILES string of the molecule is CC1CC1[CH2][Sn]([CH3])([CH3])[O]C(=O)C(F)(F)F. The Hall–Kier alpha value is 0.0587. The molecule has 0 aromatic carbocycles. The first-order valence-electron chi connectivity index (χ1n) is 4.92. The van der Waals surface area contributed by atoms with Crippen molar-refractivity contribution in [1.82, 2.24) is 0 Å². The molecule has 0 saturated heterocycles. The molecular formula is C9H15F3O2Sn. The zero-order chi connectivity index (χ0) is 11.9. The summed E-state index contributed by atoms with van der Waals surface area (Å²) in [5, 5.41) is 0. The Morgan fingerprint density at radius 1 is 1.47 bits per heavy atom. The molecular weight excluding hydrogens is 316 g/mol. The summed E-state index contributed by atoms with van der Waals surface area (Å²) in [5.41, 5.74) is 0. The molecule has 0 radical (unpaired) electrons. The summed E-state index contributed by atoms with van der Waals surface area (Å²) in [7, 11) is 0. The summed E-state index contributed by atoms with van der Waals surface area (Å²) in [6, 6.07) is 0. The fourth-order valence-corrected chi connectivity index (χ4v) is 8.89. The van der Waals surface area contributed by atoms with Crippen LogP contribution in [0.1, 0.15) is 13.3 Å². The predicted octanol–water partition coefficient (Wildman–Crippen LogP) is 2.95. The van der Waals surface area contributed by atoms with Crippen LogP contribution in [-0.4, -0.2) is 30.9 Å². The van der Waals surface area contributed by atoms with Crippen LogP contribution in [0, 0.1) is 11.8 Å². The standard InChI is InChI=1S/C5H9.C2HF3O2.2CH3.Sn/c1-4-3-5(4)2;3-2(4,5)1(6)7;;;/h4-5H,1,3H2,2H3;(H,6,7);2*1H3;/q;;;;+1/p-1. The average Bonchev–Trinajstić information content (AvgIpc) is 2.61. The Kier molecular flexibility index (Phi) is 3.62. The fraction of sp³-hybridized carbons (Fsp3) is 0.889. The minimum absolute atomic E-state index is 0.483. The zero-order valence-corrected chi connectivity index (χ0v) is 11.9. The van der Waals surface area contributed by atoms with Crippen molar-refractivity contribution in [1.29, 1.82) is 0 Å². The molecule has 0 heterocycles. The first-order chi connectivity index (χ1) is 6.62. The van der Waals surface area contributed by atoms with Gasteiger partial charge in [0.15, 0.2) is 0 Å². The van der Waals surface area contributed by atoms with E-state index in [0.717, 1.165) is 6.42 Å². The van der Waals surface area contributed by atoms with Crippen molar-refractivity contribution in [3.8, 4) is 0 Å². The minimum atomic E-state index is -4.84. The van der Waals surface area contributed by atoms with Crippen molar-refractivity contribution in [2.24, 2.45) is 11.8 Å². The topological polar surface area (TPSA) is 26.3 Å². The summed E-state index contributed by atoms with van der Waals surface area (Å²) < 4.78 is 41.3. The number of hydrogen-bond donors (Lipinski definition) is 0. The second kappa shape index (κ2) is 4.14. The number of carbonyl (C=O) groups excluding carboxylic acids is 1. The van der Waals surface area contributed by atoms with Gasteiger partial charge in [0.2, 0.25) is 0 Å². The summed E-state index contributed by atoms with van der Waals surface area (Å²) in [6.07, 6.45) is -3.78. The summed E-state index contributed by atoms with van der Waals surface area (Å²) in [5.74, 6) is -0.931. The van der Waals surface area contributed by atoms with Crippen molar-refractivity contribution in [2.45, 2.75) is 33.8 Å². The number of hydrogen-bond acceptors (Lipinski definition) is 2. The summed E-state index contributed by atoms with van der Waals surface area (Å²) in [4.78, 5) is 14.1. The van der Waals surface area contributed by atoms with Crippen LogP contribution in [0.25, 0.3) is 0 Å². The van der Waals surface area contributed by atoms with Crippen LogP contribution in [0.3, 0.4) is 0 Å². The van der Waals surface area contributed by atoms with Crippen LogP contribution in [0.2, 0.25) is 14.3 Å². The zero-order valence-electron chi connectivity index (χ0n) is 9.02. The van der Waals surface area contributed by atoms with E-state index in [1.165, 1.54) is 0 Å². The fourth-order valence-electron chi connectivity index (χ4n) is 1.67. The summed E-state index contributed by atoms with van der Waals surface area (Å²) in [6.45, 7) is 2.07. The van der Waals surface area contributed by atoms with Crippen LogP contribution in [0.5, 0.6) is 0 Å². The van der Waals surface area contributed by atoms with E-state index < -0.39 is 30.9 Å². The van der Waals surface area contributed by atoms with E-state index in [9.17, 15) is 18.0 Å². The quantitative estimate of drug-likeness (QED) is 0.744. The molecule has 1 aliphatic carbocycles. The average molecular weight is 331 g/mol. The first-order valence-corrected chi connectivity index (χ1v) is 13.8. The Morgan fingerprint density at radius 3 is 2.27 bits per heavy atom. The molecule has 2 unspecified atom stereocenters. The van der Waals surface area contributed by atoms with Crippen molar-refractivity contribution in [3.05, 3.63) is 0 Å². The number of alkyl halides is 3. The molecule has 0 N–H and O–H groups in total. The molecule has 0 amide bonds. The molecule has 2 atom stereocenters. The Labute approximate surface area is 91.6 Å². The van der Waals surface area contributed by atoms with Gasteiger partial charge >= 0.3 is 91.5 Å². The van der Waals surface area contributed by atoms with E-state index in [-0.39, 0.29) is 0 Å². The maximum atomic E-state index is 12.0. The molecule has 1 saturated carbocycles. The molecule has 15 heavy (non-hydrogen) atoms. The van der Waals surface area contributed by atoms with E-state index in [1.54, 1.807) is 9.88 Å². The third-order valence-corrected chi connectivity index (χ3v) is 9.04. The molecule has 1 fully saturated rings. The van der Waals surface area contributed by atoms with Crippen LogP contribution in [-0.2, 0) is 7.87 Å². The molecule has 2 nitrogen and oxygen atoms in total. The van der Waals surface area contributed by atoms with Gasteiger partial charge in [-0.15, -0.1) is 0 Å². The van der Waals surface area contributed by atoms with Gasteiger partial charge in [0.25, 0.3) is 0 Å². The maximum absolute atomic E-state index is 12.0. The molecule has 88 valence electrons. The molecule has 0 aromatic rings. The molecule has 0 bridgehead atoms. The predicted molar refractivity (Wildman–Crippen MR) is 51.7 cm³/mol. The molecule has 6 heteroatoms. The van der Waals surface area contributed by atoms with Gasteiger partial charge in [-0.05, 0) is 0 Å². The van der Waals surface area contributed by atoms with Gasteiger partial charge in [0, 0.05) is 0 Å². The van der Waals surface area contributed by atoms with Gasteiger partial charge in [-0.3, -0.25) is 0 Å². The van der Waals surface area contributed by atoms with E-state index in [2.05, 4.69) is 10.00 Å². The van der Waals surface area contributed by atoms with Gasteiger partial charge in [-0.2, -0.15) is 0 Å². The second-order valence-corrected chi connectivity index (χ2v) is 16.6. The normalized spacial score (nSPS) is 26.3. The molecule has 0 aromatic heterocycles.